The van der Waals surface area contributed by atoms with Crippen LogP contribution in [-0.2, 0) is 93.6 Å². The van der Waals surface area contributed by atoms with Gasteiger partial charge in [-0.2, -0.15) is 0 Å². The lowest BCUT2D eigenvalue weighted by Gasteiger charge is -2.48. The fourth-order valence-corrected chi connectivity index (χ4v) is 9.68. The predicted molar refractivity (Wildman–Crippen MR) is 297 cm³/mol. The quantitative estimate of drug-likeness (QED) is 0.0492. The number of hydrogen-bond acceptors (Lipinski definition) is 11. The van der Waals surface area contributed by atoms with E-state index in [2.05, 4.69) is 0 Å². The highest BCUT2D eigenvalue weighted by atomic mass is 16.8. The van der Waals surface area contributed by atoms with Crippen molar-refractivity contribution < 1.29 is 52.1 Å². The fraction of sp³-hybridized carbons (Fsp3) is 0.284. The van der Waals surface area contributed by atoms with E-state index >= 15 is 0 Å². The van der Waals surface area contributed by atoms with E-state index in [4.69, 9.17) is 52.1 Å². The van der Waals surface area contributed by atoms with Gasteiger partial charge in [0.15, 0.2) is 6.29 Å². The monoisotopic (exact) mass is 1050 g/mol. The fourth-order valence-electron chi connectivity index (χ4n) is 9.68. The van der Waals surface area contributed by atoms with Crippen molar-refractivity contribution in [1.82, 2.24) is 0 Å². The third-order valence-corrected chi connectivity index (χ3v) is 13.7. The van der Waals surface area contributed by atoms with Gasteiger partial charge >= 0.3 is 0 Å². The van der Waals surface area contributed by atoms with E-state index in [0.717, 1.165) is 38.9 Å². The second-order valence-corrected chi connectivity index (χ2v) is 19.4. The molecule has 8 aromatic rings. The minimum atomic E-state index is -1.03. The summed E-state index contributed by atoms with van der Waals surface area (Å²) in [6.45, 7) is 2.08. The molecule has 0 radical (unpaired) electrons. The average Bonchev–Trinajstić information content (AvgIpc) is 3.52. The molecule has 11 heteroatoms. The van der Waals surface area contributed by atoms with Gasteiger partial charge in [0.1, 0.15) is 54.6 Å². The molecule has 2 aliphatic heterocycles. The number of ether oxygens (including phenoxy) is 11. The first-order valence-electron chi connectivity index (χ1n) is 26.9. The van der Waals surface area contributed by atoms with E-state index in [1.165, 1.54) is 0 Å². The van der Waals surface area contributed by atoms with Crippen molar-refractivity contribution in [1.29, 1.82) is 0 Å². The molecule has 0 N–H and O–H groups in total. The van der Waals surface area contributed by atoms with Crippen molar-refractivity contribution in [3.05, 3.63) is 282 Å². The summed E-state index contributed by atoms with van der Waals surface area (Å²) in [6, 6.07) is 80.1. The Morgan fingerprint density at radius 1 is 0.244 bits per heavy atom. The van der Waals surface area contributed by atoms with Crippen LogP contribution in [0.4, 0.5) is 0 Å². The molecule has 2 fully saturated rings. The predicted octanol–water partition coefficient (Wildman–Crippen LogP) is 12.3. The van der Waals surface area contributed by atoms with Gasteiger partial charge in [-0.15, -0.1) is 0 Å². The van der Waals surface area contributed by atoms with Crippen LogP contribution in [0.5, 0.6) is 5.75 Å². The van der Waals surface area contributed by atoms with Crippen LogP contribution in [0.2, 0.25) is 0 Å². The lowest BCUT2D eigenvalue weighted by Crippen LogP contribution is -2.64. The minimum absolute atomic E-state index is 0.0426. The minimum Gasteiger partial charge on any atom is -0.462 e. The Morgan fingerprint density at radius 2 is 0.513 bits per heavy atom. The molecule has 0 bridgehead atoms. The summed E-state index contributed by atoms with van der Waals surface area (Å²) in [6.07, 6.45) is -7.95. The smallest absolute Gasteiger partial charge is 0.229 e. The summed E-state index contributed by atoms with van der Waals surface area (Å²) in [5, 5.41) is 0. The van der Waals surface area contributed by atoms with Crippen LogP contribution in [0.25, 0.3) is 0 Å². The number of rotatable bonds is 27. The SMILES string of the molecule is c1ccc(COC[C@H]2O[C@@H](OC[C@H]3O[C@H](Oc4ccccc4)[C@@H](OCc4ccccc4)[C@@H](OCc4ccccc4)[C@@H]3OCc3ccccc3)[C@@H](OCc3ccccc3)[C@@H](OCc3ccccc3)[C@@H]2OCc2ccccc2)cc1. The molecular formula is C67H68O11. The maximum absolute atomic E-state index is 7.17. The van der Waals surface area contributed by atoms with Crippen molar-refractivity contribution in [3.63, 3.8) is 0 Å². The second-order valence-electron chi connectivity index (χ2n) is 19.4. The first-order chi connectivity index (χ1) is 38.7. The molecule has 0 aromatic heterocycles. The molecule has 0 spiro atoms. The van der Waals surface area contributed by atoms with Gasteiger partial charge in [-0.05, 0) is 51.1 Å². The largest absolute Gasteiger partial charge is 0.462 e. The topological polar surface area (TPSA) is 102 Å². The van der Waals surface area contributed by atoms with Crippen molar-refractivity contribution in [2.75, 3.05) is 13.2 Å². The molecule has 10 atom stereocenters. The maximum atomic E-state index is 7.17. The molecule has 2 saturated heterocycles. The average molecular weight is 1050 g/mol. The normalized spacial score (nSPS) is 23.1. The van der Waals surface area contributed by atoms with Crippen LogP contribution < -0.4 is 4.74 Å². The van der Waals surface area contributed by atoms with E-state index in [1.54, 1.807) is 0 Å². The molecule has 78 heavy (non-hydrogen) atoms. The lowest BCUT2D eigenvalue weighted by molar-refractivity contribution is -0.346. The highest BCUT2D eigenvalue weighted by Gasteiger charge is 2.53. The van der Waals surface area contributed by atoms with E-state index in [1.807, 2.05) is 243 Å². The van der Waals surface area contributed by atoms with Crippen molar-refractivity contribution in [2.45, 2.75) is 108 Å². The highest BCUT2D eigenvalue weighted by molar-refractivity contribution is 5.23. The zero-order chi connectivity index (χ0) is 52.8. The summed E-state index contributed by atoms with van der Waals surface area (Å²) in [4.78, 5) is 0. The Hall–Kier alpha value is -6.84. The third-order valence-electron chi connectivity index (χ3n) is 13.7. The van der Waals surface area contributed by atoms with E-state index in [9.17, 15) is 0 Å². The molecule has 11 nitrogen and oxygen atoms in total. The number of hydrogen-bond donors (Lipinski definition) is 0. The molecule has 0 saturated carbocycles. The van der Waals surface area contributed by atoms with E-state index in [-0.39, 0.29) is 46.2 Å². The Balaban J connectivity index is 1.01. The van der Waals surface area contributed by atoms with Crippen LogP contribution in [-0.4, -0.2) is 74.6 Å². The van der Waals surface area contributed by atoms with Crippen molar-refractivity contribution in [3.8, 4) is 5.75 Å². The molecule has 0 amide bonds. The molecule has 0 unspecified atom stereocenters. The van der Waals surface area contributed by atoms with Gasteiger partial charge in [-0.3, -0.25) is 0 Å². The summed E-state index contributed by atoms with van der Waals surface area (Å²) < 4.78 is 76.9. The molecule has 8 aromatic carbocycles. The molecule has 402 valence electrons. The van der Waals surface area contributed by atoms with Crippen LogP contribution in [0.1, 0.15) is 38.9 Å². The van der Waals surface area contributed by atoms with Crippen LogP contribution in [0, 0.1) is 0 Å². The van der Waals surface area contributed by atoms with Gasteiger partial charge in [0.05, 0.1) is 59.5 Å². The maximum Gasteiger partial charge on any atom is 0.229 e. The Morgan fingerprint density at radius 3 is 0.872 bits per heavy atom. The van der Waals surface area contributed by atoms with E-state index in [0.29, 0.717) is 19.0 Å². The highest BCUT2D eigenvalue weighted by Crippen LogP contribution is 2.36. The van der Waals surface area contributed by atoms with Crippen LogP contribution in [0.15, 0.2) is 243 Å². The third kappa shape index (κ3) is 15.9. The molecular weight excluding hydrogens is 981 g/mol. The van der Waals surface area contributed by atoms with Gasteiger partial charge < -0.3 is 52.1 Å². The standard InChI is InChI=1S/C67H68O11/c1-9-25-50(26-10-1)41-68-48-58-60(69-42-51-27-11-2-12-28-51)62(71-44-53-31-15-4-16-32-53)64(73-46-55-35-19-6-20-36-55)66(77-58)75-49-59-61(70-43-52-29-13-3-14-30-52)63(72-45-54-33-17-5-18-34-54)65(74-47-56-37-21-7-22-38-56)67(78-59)76-57-39-23-8-24-40-57/h1-40,58-67H,41-49H2/t58-,59-,60-,61-,62+,63+,64+,65+,66-,67+/m1/s1. The lowest BCUT2D eigenvalue weighted by atomic mass is 9.96. The molecule has 10 rings (SSSR count). The molecule has 2 aliphatic rings. The second kappa shape index (κ2) is 29.2. The van der Waals surface area contributed by atoms with Gasteiger partial charge in [0.25, 0.3) is 0 Å². The van der Waals surface area contributed by atoms with Crippen molar-refractivity contribution >= 4 is 0 Å². The van der Waals surface area contributed by atoms with Crippen LogP contribution in [0.3, 0.4) is 0 Å². The van der Waals surface area contributed by atoms with Gasteiger partial charge in [-0.25, -0.2) is 0 Å². The number of benzene rings is 8. The Labute approximate surface area is 458 Å². The zero-order valence-electron chi connectivity index (χ0n) is 43.7. The summed E-state index contributed by atoms with van der Waals surface area (Å²) >= 11 is 0. The van der Waals surface area contributed by atoms with Gasteiger partial charge in [0.2, 0.25) is 6.29 Å². The molecule has 0 aliphatic carbocycles. The van der Waals surface area contributed by atoms with E-state index < -0.39 is 61.4 Å². The Kier molecular flexibility index (Phi) is 20.4. The molecule has 2 heterocycles. The first-order valence-corrected chi connectivity index (χ1v) is 26.9. The summed E-state index contributed by atoms with van der Waals surface area (Å²) in [7, 11) is 0. The Bertz CT molecular complexity index is 2870. The summed E-state index contributed by atoms with van der Waals surface area (Å²) in [5.74, 6) is 0.601. The first kappa shape index (κ1) is 54.5. The number of para-hydroxylation sites is 1. The van der Waals surface area contributed by atoms with Gasteiger partial charge in [0, 0.05) is 0 Å². The van der Waals surface area contributed by atoms with Crippen LogP contribution >= 0.6 is 0 Å². The zero-order valence-corrected chi connectivity index (χ0v) is 43.7. The van der Waals surface area contributed by atoms with Gasteiger partial charge in [-0.1, -0.05) is 231 Å². The summed E-state index contributed by atoms with van der Waals surface area (Å²) in [5.41, 5.74) is 6.94. The van der Waals surface area contributed by atoms with Crippen molar-refractivity contribution in [2.24, 2.45) is 0 Å².